The summed E-state index contributed by atoms with van der Waals surface area (Å²) >= 11 is 5.52. The first-order chi connectivity index (χ1) is 8.83. The van der Waals surface area contributed by atoms with Gasteiger partial charge in [0.1, 0.15) is 0 Å². The van der Waals surface area contributed by atoms with Gasteiger partial charge in [-0.1, -0.05) is 61.9 Å². The predicted molar refractivity (Wildman–Crippen MR) is 80.0 cm³/mol. The Morgan fingerprint density at radius 1 is 1.22 bits per heavy atom. The Hall–Kier alpha value is -0.830. The lowest BCUT2D eigenvalue weighted by Gasteiger charge is -2.30. The van der Waals surface area contributed by atoms with Crippen LogP contribution in [0.25, 0.3) is 0 Å². The molecule has 2 nitrogen and oxygen atoms in total. The molecule has 3 heteroatoms. The number of hydrogen-bond acceptors (Lipinski definition) is 2. The molecule has 100 valence electrons. The Morgan fingerprint density at radius 2 is 1.89 bits per heavy atom. The number of hydrogen-bond donors (Lipinski definition) is 1. The van der Waals surface area contributed by atoms with E-state index in [2.05, 4.69) is 54.4 Å². The maximum Gasteiger partial charge on any atom is 0.0472 e. The van der Waals surface area contributed by atoms with E-state index >= 15 is 0 Å². The van der Waals surface area contributed by atoms with E-state index in [9.17, 15) is 0 Å². The van der Waals surface area contributed by atoms with Crippen molar-refractivity contribution in [3.63, 3.8) is 0 Å². The number of benzene rings is 1. The summed E-state index contributed by atoms with van der Waals surface area (Å²) in [7, 11) is 0. The summed E-state index contributed by atoms with van der Waals surface area (Å²) in [5, 5.41) is 3.42. The Kier molecular flexibility index (Phi) is 7.74. The molecular formula is C15H23ClN2. The van der Waals surface area contributed by atoms with E-state index < -0.39 is 0 Å². The van der Waals surface area contributed by atoms with Gasteiger partial charge in [-0.25, -0.2) is 0 Å². The summed E-state index contributed by atoms with van der Waals surface area (Å²) in [6.07, 6.45) is 1.92. The largest absolute Gasteiger partial charge is 0.311 e. The van der Waals surface area contributed by atoms with Gasteiger partial charge in [0.15, 0.2) is 0 Å². The van der Waals surface area contributed by atoms with Crippen LogP contribution in [0, 0.1) is 0 Å². The fraction of sp³-hybridized carbons (Fsp3) is 0.467. The third-order valence-corrected chi connectivity index (χ3v) is 3.30. The van der Waals surface area contributed by atoms with Crippen LogP contribution >= 0.6 is 11.6 Å². The van der Waals surface area contributed by atoms with Gasteiger partial charge in [-0.15, -0.1) is 0 Å². The Morgan fingerprint density at radius 3 is 2.44 bits per heavy atom. The number of nitrogens with zero attached hydrogens (tertiary/aromatic N) is 1. The fourth-order valence-corrected chi connectivity index (χ4v) is 2.23. The molecule has 1 rings (SSSR count). The molecule has 1 aromatic rings. The molecule has 18 heavy (non-hydrogen) atoms. The van der Waals surface area contributed by atoms with Crippen LogP contribution in [0.5, 0.6) is 0 Å². The Balaban J connectivity index is 2.69. The van der Waals surface area contributed by atoms with Crippen LogP contribution < -0.4 is 5.32 Å². The van der Waals surface area contributed by atoms with Crippen LogP contribution in [0.1, 0.15) is 25.5 Å². The first-order valence-corrected chi connectivity index (χ1v) is 7.02. The lowest BCUT2D eigenvalue weighted by Crippen LogP contribution is -2.35. The molecule has 0 heterocycles. The fourth-order valence-electron chi connectivity index (χ4n) is 2.15. The topological polar surface area (TPSA) is 15.3 Å². The van der Waals surface area contributed by atoms with Gasteiger partial charge in [0.2, 0.25) is 0 Å². The lowest BCUT2D eigenvalue weighted by molar-refractivity contribution is 0.215. The molecular weight excluding hydrogens is 244 g/mol. The summed E-state index contributed by atoms with van der Waals surface area (Å²) in [4.78, 5) is 2.47. The average Bonchev–Trinajstić information content (AvgIpc) is 2.43. The van der Waals surface area contributed by atoms with E-state index in [1.807, 2.05) is 6.08 Å². The number of likely N-dealkylation sites (N-methyl/N-ethyl adjacent to an activating group) is 1. The van der Waals surface area contributed by atoms with E-state index in [-0.39, 0.29) is 0 Å². The van der Waals surface area contributed by atoms with Gasteiger partial charge in [0.25, 0.3) is 0 Å². The average molecular weight is 267 g/mol. The zero-order chi connectivity index (χ0) is 13.2. The molecule has 0 radical (unpaired) electrons. The lowest BCUT2D eigenvalue weighted by atomic mass is 10.1. The monoisotopic (exact) mass is 266 g/mol. The van der Waals surface area contributed by atoms with Crippen molar-refractivity contribution < 1.29 is 0 Å². The SMILES string of the molecule is CCN(CC)C(CNC/C=C/Cl)c1ccccc1. The van der Waals surface area contributed by atoms with Crippen molar-refractivity contribution in [3.8, 4) is 0 Å². The highest BCUT2D eigenvalue weighted by Gasteiger charge is 2.16. The Labute approximate surface area is 116 Å². The van der Waals surface area contributed by atoms with Crippen molar-refractivity contribution in [2.24, 2.45) is 0 Å². The summed E-state index contributed by atoms with van der Waals surface area (Å²) < 4.78 is 0. The highest BCUT2D eigenvalue weighted by Crippen LogP contribution is 2.19. The standard InChI is InChI=1S/C15H23ClN2/c1-3-18(4-2)15(13-17-12-8-11-16)14-9-6-5-7-10-14/h5-11,15,17H,3-4,12-13H2,1-2H3/b11-8+. The quantitative estimate of drug-likeness (QED) is 0.726. The van der Waals surface area contributed by atoms with Crippen molar-refractivity contribution in [3.05, 3.63) is 47.5 Å². The van der Waals surface area contributed by atoms with Gasteiger partial charge in [-0.2, -0.15) is 0 Å². The van der Waals surface area contributed by atoms with Crippen molar-refractivity contribution in [1.82, 2.24) is 10.2 Å². The second kappa shape index (κ2) is 9.15. The second-order valence-corrected chi connectivity index (χ2v) is 4.42. The highest BCUT2D eigenvalue weighted by atomic mass is 35.5. The zero-order valence-corrected chi connectivity index (χ0v) is 12.0. The molecule has 0 spiro atoms. The van der Waals surface area contributed by atoms with E-state index in [1.165, 1.54) is 5.56 Å². The minimum absolute atomic E-state index is 0.421. The van der Waals surface area contributed by atoms with E-state index in [4.69, 9.17) is 11.6 Å². The number of halogens is 1. The van der Waals surface area contributed by atoms with Gasteiger partial charge in [0.05, 0.1) is 0 Å². The van der Waals surface area contributed by atoms with Crippen LogP contribution in [0.4, 0.5) is 0 Å². The summed E-state index contributed by atoms with van der Waals surface area (Å²) in [6.45, 7) is 8.28. The number of nitrogens with one attached hydrogen (secondary N) is 1. The van der Waals surface area contributed by atoms with Crippen LogP contribution in [0.2, 0.25) is 0 Å². The molecule has 0 amide bonds. The van der Waals surface area contributed by atoms with E-state index in [0.717, 1.165) is 26.2 Å². The summed E-state index contributed by atoms with van der Waals surface area (Å²) in [6, 6.07) is 11.1. The van der Waals surface area contributed by atoms with Crippen molar-refractivity contribution in [2.75, 3.05) is 26.2 Å². The van der Waals surface area contributed by atoms with Crippen molar-refractivity contribution >= 4 is 11.6 Å². The van der Waals surface area contributed by atoms with Crippen LogP contribution in [0.15, 0.2) is 41.9 Å². The summed E-state index contributed by atoms with van der Waals surface area (Å²) in [5.41, 5.74) is 2.92. The van der Waals surface area contributed by atoms with Crippen molar-refractivity contribution in [1.29, 1.82) is 0 Å². The van der Waals surface area contributed by atoms with Gasteiger partial charge in [-0.05, 0) is 18.7 Å². The molecule has 0 saturated carbocycles. The van der Waals surface area contributed by atoms with Gasteiger partial charge in [-0.3, -0.25) is 4.90 Å². The predicted octanol–water partition coefficient (Wildman–Crippen LogP) is 3.41. The minimum Gasteiger partial charge on any atom is -0.311 e. The molecule has 0 aliphatic rings. The smallest absolute Gasteiger partial charge is 0.0472 e. The zero-order valence-electron chi connectivity index (χ0n) is 11.3. The summed E-state index contributed by atoms with van der Waals surface area (Å²) in [5.74, 6) is 0. The first-order valence-electron chi connectivity index (χ1n) is 6.58. The molecule has 0 fully saturated rings. The maximum absolute atomic E-state index is 5.52. The first kappa shape index (κ1) is 15.2. The third-order valence-electron chi connectivity index (χ3n) is 3.13. The van der Waals surface area contributed by atoms with E-state index in [1.54, 1.807) is 5.54 Å². The molecule has 1 aromatic carbocycles. The highest BCUT2D eigenvalue weighted by molar-refractivity contribution is 6.25. The van der Waals surface area contributed by atoms with Crippen molar-refractivity contribution in [2.45, 2.75) is 19.9 Å². The molecule has 0 saturated heterocycles. The maximum atomic E-state index is 5.52. The Bertz CT molecular complexity index is 334. The van der Waals surface area contributed by atoms with Gasteiger partial charge >= 0.3 is 0 Å². The molecule has 0 bridgehead atoms. The van der Waals surface area contributed by atoms with Crippen LogP contribution in [-0.2, 0) is 0 Å². The molecule has 1 atom stereocenters. The van der Waals surface area contributed by atoms with E-state index in [0.29, 0.717) is 6.04 Å². The molecule has 1 N–H and O–H groups in total. The molecule has 1 unspecified atom stereocenters. The molecule has 0 aliphatic heterocycles. The minimum atomic E-state index is 0.421. The molecule has 0 aromatic heterocycles. The van der Waals surface area contributed by atoms with Gasteiger partial charge in [0, 0.05) is 24.7 Å². The van der Waals surface area contributed by atoms with Crippen LogP contribution in [-0.4, -0.2) is 31.1 Å². The number of rotatable bonds is 8. The van der Waals surface area contributed by atoms with Gasteiger partial charge < -0.3 is 5.32 Å². The second-order valence-electron chi connectivity index (χ2n) is 4.17. The molecule has 0 aliphatic carbocycles. The van der Waals surface area contributed by atoms with Crippen LogP contribution in [0.3, 0.4) is 0 Å². The third kappa shape index (κ3) is 4.81. The normalized spacial score (nSPS) is 13.3.